The van der Waals surface area contributed by atoms with Crippen molar-refractivity contribution in [1.29, 1.82) is 0 Å². The minimum absolute atomic E-state index is 0.138. The van der Waals surface area contributed by atoms with Crippen molar-refractivity contribution in [2.75, 3.05) is 6.61 Å². The molecule has 0 bridgehead atoms. The third-order valence-corrected chi connectivity index (χ3v) is 5.87. The molecule has 3 rings (SSSR count). The van der Waals surface area contributed by atoms with Crippen LogP contribution < -0.4 is 0 Å². The molecule has 6 nitrogen and oxygen atoms in total. The first-order chi connectivity index (χ1) is 18.2. The summed E-state index contributed by atoms with van der Waals surface area (Å²) in [5.41, 5.74) is 3.35. The number of unbranched alkanes of at least 4 members (excludes halogenated alkanes) is 3. The minimum atomic E-state index is -5.09. The van der Waals surface area contributed by atoms with Crippen LogP contribution in [0.2, 0.25) is 0 Å². The van der Waals surface area contributed by atoms with Crippen molar-refractivity contribution < 1.29 is 32.2 Å². The second-order valence-electron chi connectivity index (χ2n) is 8.87. The van der Waals surface area contributed by atoms with Crippen molar-refractivity contribution in [3.05, 3.63) is 72.1 Å². The van der Waals surface area contributed by atoms with Crippen LogP contribution in [-0.4, -0.2) is 40.8 Å². The van der Waals surface area contributed by atoms with E-state index >= 15 is 0 Å². The Morgan fingerprint density at radius 1 is 0.816 bits per heavy atom. The van der Waals surface area contributed by atoms with Crippen molar-refractivity contribution in [2.24, 2.45) is 0 Å². The molecule has 0 spiro atoms. The molecule has 0 fully saturated rings. The quantitative estimate of drug-likeness (QED) is 0.187. The first-order valence-corrected chi connectivity index (χ1v) is 12.7. The number of carbonyl (C=O) groups is 2. The number of ether oxygens (including phenoxy) is 2. The maximum absolute atomic E-state index is 13.3. The summed E-state index contributed by atoms with van der Waals surface area (Å²) in [5, 5.41) is 0. The molecule has 0 aliphatic heterocycles. The number of aromatic nitrogens is 2. The SMILES string of the molecule is CCCCCc1ccc(-c2ncc(-c3ccc(C(=O)OC(C(=O)OCCCC)C(F)(F)F)cc3)cn2)cc1. The zero-order valence-electron chi connectivity index (χ0n) is 21.5. The molecule has 38 heavy (non-hydrogen) atoms. The van der Waals surface area contributed by atoms with E-state index in [1.54, 1.807) is 31.5 Å². The standard InChI is InChI=1S/C29H31F3N2O4/c1-3-5-7-8-20-9-11-22(12-10-20)26-33-18-24(19-34-26)21-13-15-23(16-14-21)27(35)38-25(29(30,31)32)28(36)37-17-6-4-2/h9-16,18-19,25H,3-8,17H2,1-2H3. The van der Waals surface area contributed by atoms with E-state index in [1.165, 1.54) is 30.5 Å². The fourth-order valence-electron chi connectivity index (χ4n) is 3.64. The van der Waals surface area contributed by atoms with Crippen LogP contribution in [0.1, 0.15) is 61.9 Å². The Labute approximate surface area is 220 Å². The molecule has 0 saturated carbocycles. The fraction of sp³-hybridized carbons (Fsp3) is 0.379. The highest BCUT2D eigenvalue weighted by atomic mass is 19.4. The molecule has 2 aromatic carbocycles. The average Bonchev–Trinajstić information content (AvgIpc) is 2.92. The van der Waals surface area contributed by atoms with Crippen molar-refractivity contribution in [2.45, 2.75) is 64.7 Å². The maximum atomic E-state index is 13.3. The van der Waals surface area contributed by atoms with Crippen LogP contribution >= 0.6 is 0 Å². The molecule has 0 aliphatic rings. The van der Waals surface area contributed by atoms with E-state index in [0.29, 0.717) is 29.8 Å². The second kappa shape index (κ2) is 13.7. The molecule has 3 aromatic rings. The van der Waals surface area contributed by atoms with Gasteiger partial charge in [-0.05, 0) is 42.5 Å². The van der Waals surface area contributed by atoms with Gasteiger partial charge in [0.25, 0.3) is 6.10 Å². The Hall–Kier alpha value is -3.75. The molecular weight excluding hydrogens is 497 g/mol. The number of halogens is 3. The van der Waals surface area contributed by atoms with Crippen LogP contribution in [0.15, 0.2) is 60.9 Å². The van der Waals surface area contributed by atoms with Gasteiger partial charge < -0.3 is 9.47 Å². The largest absolute Gasteiger partial charge is 0.463 e. The van der Waals surface area contributed by atoms with E-state index < -0.39 is 24.2 Å². The fourth-order valence-corrected chi connectivity index (χ4v) is 3.64. The number of benzene rings is 2. The first kappa shape index (κ1) is 28.8. The smallest absolute Gasteiger partial charge is 0.436 e. The molecular formula is C29H31F3N2O4. The van der Waals surface area contributed by atoms with Crippen molar-refractivity contribution in [1.82, 2.24) is 9.97 Å². The number of nitrogens with zero attached hydrogens (tertiary/aromatic N) is 2. The number of esters is 2. The maximum Gasteiger partial charge on any atom is 0.436 e. The summed E-state index contributed by atoms with van der Waals surface area (Å²) in [6, 6.07) is 13.9. The Bertz CT molecular complexity index is 1180. The lowest BCUT2D eigenvalue weighted by Gasteiger charge is -2.19. The zero-order chi connectivity index (χ0) is 27.5. The molecule has 0 radical (unpaired) electrons. The van der Waals surface area contributed by atoms with Crippen molar-refractivity contribution >= 4 is 11.9 Å². The van der Waals surface area contributed by atoms with Crippen LogP contribution in [0.25, 0.3) is 22.5 Å². The van der Waals surface area contributed by atoms with Gasteiger partial charge in [0.1, 0.15) is 0 Å². The van der Waals surface area contributed by atoms with E-state index in [9.17, 15) is 22.8 Å². The highest BCUT2D eigenvalue weighted by Gasteiger charge is 2.49. The zero-order valence-corrected chi connectivity index (χ0v) is 21.5. The molecule has 9 heteroatoms. The molecule has 0 N–H and O–H groups in total. The number of hydrogen-bond acceptors (Lipinski definition) is 6. The van der Waals surface area contributed by atoms with Crippen LogP contribution in [0.4, 0.5) is 13.2 Å². The summed E-state index contributed by atoms with van der Waals surface area (Å²) >= 11 is 0. The molecule has 1 atom stereocenters. The number of alkyl halides is 3. The average molecular weight is 529 g/mol. The Kier molecular flexibility index (Phi) is 10.4. The van der Waals surface area contributed by atoms with E-state index in [0.717, 1.165) is 18.4 Å². The van der Waals surface area contributed by atoms with Gasteiger partial charge >= 0.3 is 18.1 Å². The summed E-state index contributed by atoms with van der Waals surface area (Å²) in [5.74, 6) is -2.35. The number of aryl methyl sites for hydroxylation is 1. The monoisotopic (exact) mass is 528 g/mol. The van der Waals surface area contributed by atoms with Gasteiger partial charge in [-0.15, -0.1) is 0 Å². The Morgan fingerprint density at radius 3 is 2.00 bits per heavy atom. The molecule has 1 aromatic heterocycles. The Balaban J connectivity index is 1.64. The van der Waals surface area contributed by atoms with Gasteiger partial charge in [-0.3, -0.25) is 0 Å². The van der Waals surface area contributed by atoms with E-state index in [-0.39, 0.29) is 12.2 Å². The van der Waals surface area contributed by atoms with Gasteiger partial charge in [0.2, 0.25) is 0 Å². The topological polar surface area (TPSA) is 78.4 Å². The summed E-state index contributed by atoms with van der Waals surface area (Å²) in [6.45, 7) is 3.79. The van der Waals surface area contributed by atoms with Crippen molar-refractivity contribution in [3.8, 4) is 22.5 Å². The van der Waals surface area contributed by atoms with Gasteiger partial charge in [-0.25, -0.2) is 19.6 Å². The summed E-state index contributed by atoms with van der Waals surface area (Å²) in [6.07, 6.45) is 0.815. The number of hydrogen-bond donors (Lipinski definition) is 0. The normalized spacial score (nSPS) is 12.1. The van der Waals surface area contributed by atoms with Crippen LogP contribution in [0, 0.1) is 0 Å². The highest BCUT2D eigenvalue weighted by molar-refractivity contribution is 5.92. The molecule has 1 unspecified atom stereocenters. The highest BCUT2D eigenvalue weighted by Crippen LogP contribution is 2.26. The van der Waals surface area contributed by atoms with E-state index in [4.69, 9.17) is 0 Å². The molecule has 0 amide bonds. The summed E-state index contributed by atoms with van der Waals surface area (Å²) < 4.78 is 48.9. The predicted molar refractivity (Wildman–Crippen MR) is 137 cm³/mol. The molecule has 0 saturated heterocycles. The molecule has 1 heterocycles. The molecule has 0 aliphatic carbocycles. The van der Waals surface area contributed by atoms with Crippen LogP contribution in [-0.2, 0) is 20.7 Å². The van der Waals surface area contributed by atoms with E-state index in [2.05, 4.69) is 38.5 Å². The van der Waals surface area contributed by atoms with Gasteiger partial charge in [-0.2, -0.15) is 13.2 Å². The number of rotatable bonds is 12. The van der Waals surface area contributed by atoms with Gasteiger partial charge in [-0.1, -0.05) is 69.5 Å². The minimum Gasteiger partial charge on any atom is -0.463 e. The van der Waals surface area contributed by atoms with Gasteiger partial charge in [0.05, 0.1) is 12.2 Å². The van der Waals surface area contributed by atoms with Gasteiger partial charge in [0, 0.05) is 23.5 Å². The summed E-state index contributed by atoms with van der Waals surface area (Å²) in [7, 11) is 0. The number of carbonyl (C=O) groups excluding carboxylic acids is 2. The Morgan fingerprint density at radius 2 is 1.42 bits per heavy atom. The predicted octanol–water partition coefficient (Wildman–Crippen LogP) is 6.97. The third-order valence-electron chi connectivity index (χ3n) is 5.87. The van der Waals surface area contributed by atoms with Crippen LogP contribution in [0.5, 0.6) is 0 Å². The first-order valence-electron chi connectivity index (χ1n) is 12.7. The second-order valence-corrected chi connectivity index (χ2v) is 8.87. The lowest BCUT2D eigenvalue weighted by Crippen LogP contribution is -2.42. The van der Waals surface area contributed by atoms with E-state index in [1.807, 2.05) is 12.1 Å². The molecule has 202 valence electrons. The lowest BCUT2D eigenvalue weighted by atomic mass is 10.0. The van der Waals surface area contributed by atoms with Crippen LogP contribution in [0.3, 0.4) is 0 Å². The lowest BCUT2D eigenvalue weighted by molar-refractivity contribution is -0.218. The third kappa shape index (κ3) is 8.13. The summed E-state index contributed by atoms with van der Waals surface area (Å²) in [4.78, 5) is 33.0. The van der Waals surface area contributed by atoms with Crippen molar-refractivity contribution in [3.63, 3.8) is 0 Å². The van der Waals surface area contributed by atoms with Gasteiger partial charge in [0.15, 0.2) is 5.82 Å².